The summed E-state index contributed by atoms with van der Waals surface area (Å²) in [5.74, 6) is -0.0727. The molecule has 0 bridgehead atoms. The maximum atomic E-state index is 12.6. The first kappa shape index (κ1) is 20.0. The van der Waals surface area contributed by atoms with Gasteiger partial charge in [0.1, 0.15) is 4.21 Å². The fourth-order valence-corrected chi connectivity index (χ4v) is 5.79. The van der Waals surface area contributed by atoms with Gasteiger partial charge in [0.25, 0.3) is 10.0 Å². The van der Waals surface area contributed by atoms with Crippen LogP contribution in [-0.4, -0.2) is 55.8 Å². The molecule has 0 unspecified atom stereocenters. The molecule has 0 saturated carbocycles. The van der Waals surface area contributed by atoms with Crippen molar-refractivity contribution in [2.45, 2.75) is 31.0 Å². The van der Waals surface area contributed by atoms with Gasteiger partial charge in [-0.25, -0.2) is 8.42 Å². The fourth-order valence-electron chi connectivity index (χ4n) is 3.23. The Bertz CT molecular complexity index is 902. The van der Waals surface area contributed by atoms with Gasteiger partial charge >= 0.3 is 0 Å². The molecule has 1 atom stereocenters. The van der Waals surface area contributed by atoms with Crippen LogP contribution in [0.4, 0.5) is 5.69 Å². The molecule has 1 aromatic carbocycles. The highest BCUT2D eigenvalue weighted by Gasteiger charge is 2.32. The molecule has 1 aliphatic heterocycles. The standard InChI is InChI=1S/C19H25N3O3S2/c1-14-6-7-17(15(2)13-14)20-19(23)16(3)21-8-10-22(11-9-21)27(24,25)18-5-4-12-26-18/h4-7,12-13,16H,8-11H2,1-3H3,(H,20,23)/t16-/m0/s1. The zero-order valence-corrected chi connectivity index (χ0v) is 17.4. The van der Waals surface area contributed by atoms with Crippen molar-refractivity contribution in [3.05, 3.63) is 46.8 Å². The van der Waals surface area contributed by atoms with Crippen LogP contribution in [0.1, 0.15) is 18.1 Å². The van der Waals surface area contributed by atoms with Crippen LogP contribution in [-0.2, 0) is 14.8 Å². The highest BCUT2D eigenvalue weighted by atomic mass is 32.2. The predicted molar refractivity (Wildman–Crippen MR) is 109 cm³/mol. The van der Waals surface area contributed by atoms with Crippen molar-refractivity contribution in [2.24, 2.45) is 0 Å². The zero-order chi connectivity index (χ0) is 19.6. The van der Waals surface area contributed by atoms with E-state index >= 15 is 0 Å². The van der Waals surface area contributed by atoms with E-state index in [4.69, 9.17) is 0 Å². The minimum atomic E-state index is -3.42. The van der Waals surface area contributed by atoms with E-state index in [2.05, 4.69) is 5.32 Å². The number of anilines is 1. The van der Waals surface area contributed by atoms with Gasteiger partial charge in [-0.1, -0.05) is 23.8 Å². The van der Waals surface area contributed by atoms with E-state index in [-0.39, 0.29) is 11.9 Å². The molecule has 0 radical (unpaired) electrons. The molecule has 146 valence electrons. The molecule has 27 heavy (non-hydrogen) atoms. The van der Waals surface area contributed by atoms with Crippen LogP contribution in [0.3, 0.4) is 0 Å². The average molecular weight is 408 g/mol. The van der Waals surface area contributed by atoms with Crippen molar-refractivity contribution in [1.82, 2.24) is 9.21 Å². The van der Waals surface area contributed by atoms with Gasteiger partial charge < -0.3 is 5.32 Å². The summed E-state index contributed by atoms with van der Waals surface area (Å²) in [4.78, 5) is 14.7. The monoisotopic (exact) mass is 407 g/mol. The zero-order valence-electron chi connectivity index (χ0n) is 15.8. The molecular formula is C19H25N3O3S2. The number of nitrogens with zero attached hydrogens (tertiary/aromatic N) is 2. The Morgan fingerprint density at radius 1 is 1.15 bits per heavy atom. The predicted octanol–water partition coefficient (Wildman–Crippen LogP) is 2.70. The lowest BCUT2D eigenvalue weighted by Gasteiger charge is -2.36. The lowest BCUT2D eigenvalue weighted by Crippen LogP contribution is -2.53. The average Bonchev–Trinajstić information content (AvgIpc) is 3.19. The van der Waals surface area contributed by atoms with Crippen LogP contribution in [0.2, 0.25) is 0 Å². The summed E-state index contributed by atoms with van der Waals surface area (Å²) >= 11 is 1.23. The maximum Gasteiger partial charge on any atom is 0.252 e. The number of piperazine rings is 1. The van der Waals surface area contributed by atoms with Gasteiger partial charge in [-0.15, -0.1) is 11.3 Å². The molecule has 0 spiro atoms. The van der Waals surface area contributed by atoms with Crippen molar-refractivity contribution in [3.63, 3.8) is 0 Å². The van der Waals surface area contributed by atoms with Gasteiger partial charge in [-0.05, 0) is 43.8 Å². The molecule has 0 aliphatic carbocycles. The van der Waals surface area contributed by atoms with Crippen LogP contribution in [0.5, 0.6) is 0 Å². The summed E-state index contributed by atoms with van der Waals surface area (Å²) in [6, 6.07) is 8.98. The van der Waals surface area contributed by atoms with Gasteiger partial charge in [0.05, 0.1) is 6.04 Å². The molecule has 1 aromatic heterocycles. The number of hydrogen-bond acceptors (Lipinski definition) is 5. The first-order valence-electron chi connectivity index (χ1n) is 8.95. The summed E-state index contributed by atoms with van der Waals surface area (Å²) in [5.41, 5.74) is 3.00. The van der Waals surface area contributed by atoms with Crippen LogP contribution in [0, 0.1) is 13.8 Å². The first-order valence-corrected chi connectivity index (χ1v) is 11.3. The molecule has 3 rings (SSSR count). The first-order chi connectivity index (χ1) is 12.8. The highest BCUT2D eigenvalue weighted by Crippen LogP contribution is 2.23. The fraction of sp³-hybridized carbons (Fsp3) is 0.421. The van der Waals surface area contributed by atoms with Crippen LogP contribution >= 0.6 is 11.3 Å². The number of carbonyl (C=O) groups excluding carboxylic acids is 1. The number of aryl methyl sites for hydroxylation is 2. The molecule has 1 amide bonds. The summed E-state index contributed by atoms with van der Waals surface area (Å²) < 4.78 is 27.1. The van der Waals surface area contributed by atoms with E-state index in [1.807, 2.05) is 43.9 Å². The summed E-state index contributed by atoms with van der Waals surface area (Å²) in [7, 11) is -3.42. The van der Waals surface area contributed by atoms with E-state index in [0.29, 0.717) is 30.4 Å². The van der Waals surface area contributed by atoms with E-state index in [1.54, 1.807) is 17.5 Å². The quantitative estimate of drug-likeness (QED) is 0.827. The maximum absolute atomic E-state index is 12.6. The molecule has 1 aliphatic rings. The number of carbonyl (C=O) groups is 1. The Labute approximate surface area is 164 Å². The summed E-state index contributed by atoms with van der Waals surface area (Å²) in [6.07, 6.45) is 0. The second-order valence-electron chi connectivity index (χ2n) is 6.86. The third-order valence-corrected chi connectivity index (χ3v) is 8.20. The number of hydrogen-bond donors (Lipinski definition) is 1. The van der Waals surface area contributed by atoms with E-state index < -0.39 is 10.0 Å². The molecule has 2 aromatic rings. The molecule has 1 N–H and O–H groups in total. The minimum Gasteiger partial charge on any atom is -0.324 e. The third-order valence-electron chi connectivity index (χ3n) is 4.93. The van der Waals surface area contributed by atoms with E-state index in [0.717, 1.165) is 16.8 Å². The molecular weight excluding hydrogens is 382 g/mol. The van der Waals surface area contributed by atoms with Crippen molar-refractivity contribution >= 4 is 33.0 Å². The Morgan fingerprint density at radius 2 is 1.85 bits per heavy atom. The number of nitrogens with one attached hydrogen (secondary N) is 1. The topological polar surface area (TPSA) is 69.7 Å². The SMILES string of the molecule is Cc1ccc(NC(=O)[C@H](C)N2CCN(S(=O)(=O)c3cccs3)CC2)c(C)c1. The largest absolute Gasteiger partial charge is 0.324 e. The molecule has 8 heteroatoms. The summed E-state index contributed by atoms with van der Waals surface area (Å²) in [6.45, 7) is 7.70. The summed E-state index contributed by atoms with van der Waals surface area (Å²) in [5, 5.41) is 4.75. The van der Waals surface area contributed by atoms with E-state index in [9.17, 15) is 13.2 Å². The number of sulfonamides is 1. The number of rotatable bonds is 5. The third kappa shape index (κ3) is 4.40. The molecule has 6 nitrogen and oxygen atoms in total. The van der Waals surface area contributed by atoms with Crippen molar-refractivity contribution in [3.8, 4) is 0 Å². The van der Waals surface area contributed by atoms with Crippen LogP contribution in [0.15, 0.2) is 39.9 Å². The van der Waals surface area contributed by atoms with E-state index in [1.165, 1.54) is 15.6 Å². The van der Waals surface area contributed by atoms with Gasteiger partial charge in [0.2, 0.25) is 5.91 Å². The van der Waals surface area contributed by atoms with Crippen molar-refractivity contribution in [1.29, 1.82) is 0 Å². The Morgan fingerprint density at radius 3 is 2.44 bits per heavy atom. The normalized spacial score (nSPS) is 17.6. The van der Waals surface area contributed by atoms with Gasteiger partial charge in [-0.2, -0.15) is 4.31 Å². The second-order valence-corrected chi connectivity index (χ2v) is 9.97. The van der Waals surface area contributed by atoms with Gasteiger partial charge in [0.15, 0.2) is 0 Å². The minimum absolute atomic E-state index is 0.0727. The lowest BCUT2D eigenvalue weighted by atomic mass is 10.1. The van der Waals surface area contributed by atoms with Gasteiger partial charge in [0, 0.05) is 31.9 Å². The smallest absolute Gasteiger partial charge is 0.252 e. The number of thiophene rings is 1. The van der Waals surface area contributed by atoms with Crippen LogP contribution < -0.4 is 5.32 Å². The van der Waals surface area contributed by atoms with Crippen molar-refractivity contribution in [2.75, 3.05) is 31.5 Å². The molecule has 1 saturated heterocycles. The van der Waals surface area contributed by atoms with Gasteiger partial charge in [-0.3, -0.25) is 9.69 Å². The number of amides is 1. The Hall–Kier alpha value is -1.74. The Kier molecular flexibility index (Phi) is 6.00. The molecule has 1 fully saturated rings. The van der Waals surface area contributed by atoms with Crippen LogP contribution in [0.25, 0.3) is 0 Å². The van der Waals surface area contributed by atoms with Crippen molar-refractivity contribution < 1.29 is 13.2 Å². The second kappa shape index (κ2) is 8.10. The molecule has 2 heterocycles. The Balaban J connectivity index is 1.59. The lowest BCUT2D eigenvalue weighted by molar-refractivity contribution is -0.121. The number of benzene rings is 1. The highest BCUT2D eigenvalue weighted by molar-refractivity contribution is 7.91.